The Kier molecular flexibility index (Phi) is 3.37. The lowest BCUT2D eigenvalue weighted by molar-refractivity contribution is 0.0690. The van der Waals surface area contributed by atoms with Crippen LogP contribution >= 0.6 is 0 Å². The number of furan rings is 1. The van der Waals surface area contributed by atoms with E-state index in [1.54, 1.807) is 12.1 Å². The molecule has 0 aromatic carbocycles. The first-order valence-electron chi connectivity index (χ1n) is 6.65. The molecule has 1 aliphatic rings. The first-order chi connectivity index (χ1) is 9.74. The van der Waals surface area contributed by atoms with Crippen molar-refractivity contribution in [1.29, 1.82) is 0 Å². The fourth-order valence-corrected chi connectivity index (χ4v) is 2.34. The van der Waals surface area contributed by atoms with Crippen LogP contribution in [0.1, 0.15) is 29.8 Å². The Morgan fingerprint density at radius 1 is 1.25 bits per heavy atom. The summed E-state index contributed by atoms with van der Waals surface area (Å²) < 4.78 is 5.26. The van der Waals surface area contributed by atoms with Crippen molar-refractivity contribution in [1.82, 2.24) is 9.97 Å². The molecule has 0 spiro atoms. The van der Waals surface area contributed by atoms with Crippen LogP contribution in [0.4, 0.5) is 5.82 Å². The molecule has 1 aliphatic heterocycles. The Balaban J connectivity index is 2.02. The maximum Gasteiger partial charge on any atom is 0.354 e. The van der Waals surface area contributed by atoms with Gasteiger partial charge in [0.2, 0.25) is 0 Å². The Bertz CT molecular complexity index is 604. The van der Waals surface area contributed by atoms with E-state index in [2.05, 4.69) is 14.9 Å². The van der Waals surface area contributed by atoms with Crippen LogP contribution < -0.4 is 4.90 Å². The Morgan fingerprint density at radius 2 is 2.05 bits per heavy atom. The molecule has 20 heavy (non-hydrogen) atoms. The third kappa shape index (κ3) is 2.49. The zero-order valence-corrected chi connectivity index (χ0v) is 11.0. The summed E-state index contributed by atoms with van der Waals surface area (Å²) in [5.74, 6) is 0.392. The van der Waals surface area contributed by atoms with Crippen molar-refractivity contribution in [3.05, 3.63) is 30.2 Å². The largest absolute Gasteiger partial charge is 0.477 e. The van der Waals surface area contributed by atoms with Gasteiger partial charge < -0.3 is 14.4 Å². The molecule has 0 saturated carbocycles. The average Bonchev–Trinajstić information content (AvgIpc) is 3.02. The van der Waals surface area contributed by atoms with E-state index in [9.17, 15) is 9.90 Å². The summed E-state index contributed by atoms with van der Waals surface area (Å²) in [6, 6.07) is 4.98. The lowest BCUT2D eigenvalue weighted by Crippen LogP contribution is -2.30. The van der Waals surface area contributed by atoms with Crippen LogP contribution in [0.2, 0.25) is 0 Å². The highest BCUT2D eigenvalue weighted by Crippen LogP contribution is 2.23. The van der Waals surface area contributed by atoms with Crippen molar-refractivity contribution in [3.8, 4) is 11.6 Å². The quantitative estimate of drug-likeness (QED) is 0.925. The van der Waals surface area contributed by atoms with Crippen molar-refractivity contribution in [2.24, 2.45) is 0 Å². The van der Waals surface area contributed by atoms with Gasteiger partial charge in [0, 0.05) is 19.2 Å². The molecular weight excluding hydrogens is 258 g/mol. The number of carbonyl (C=O) groups is 1. The Morgan fingerprint density at radius 3 is 2.70 bits per heavy atom. The molecule has 0 radical (unpaired) electrons. The fraction of sp³-hybridized carbons (Fsp3) is 0.357. The summed E-state index contributed by atoms with van der Waals surface area (Å²) in [6.07, 6.45) is 4.93. The normalized spacial score (nSPS) is 15.3. The van der Waals surface area contributed by atoms with Gasteiger partial charge in [-0.25, -0.2) is 14.8 Å². The van der Waals surface area contributed by atoms with Crippen LogP contribution in [0.5, 0.6) is 0 Å². The Hall–Kier alpha value is -2.37. The molecule has 0 aliphatic carbocycles. The zero-order valence-electron chi connectivity index (χ0n) is 11.0. The summed E-state index contributed by atoms with van der Waals surface area (Å²) in [6.45, 7) is 1.79. The molecule has 6 nitrogen and oxygen atoms in total. The molecule has 1 N–H and O–H groups in total. The van der Waals surface area contributed by atoms with Crippen LogP contribution in [0.3, 0.4) is 0 Å². The lowest BCUT2D eigenvalue weighted by Gasteiger charge is -2.27. The van der Waals surface area contributed by atoms with Crippen LogP contribution in [0.15, 0.2) is 28.9 Å². The van der Waals surface area contributed by atoms with Crippen molar-refractivity contribution in [2.45, 2.75) is 19.3 Å². The lowest BCUT2D eigenvalue weighted by atomic mass is 10.1. The maximum atomic E-state index is 11.2. The summed E-state index contributed by atoms with van der Waals surface area (Å²) >= 11 is 0. The van der Waals surface area contributed by atoms with Gasteiger partial charge in [-0.3, -0.25) is 0 Å². The number of nitrogens with zero attached hydrogens (tertiary/aromatic N) is 3. The number of anilines is 1. The van der Waals surface area contributed by atoms with Gasteiger partial charge in [0.25, 0.3) is 0 Å². The number of carboxylic acids is 1. The molecular formula is C14H15N3O3. The second-order valence-electron chi connectivity index (χ2n) is 4.77. The van der Waals surface area contributed by atoms with Crippen LogP contribution in [0, 0.1) is 0 Å². The first kappa shape index (κ1) is 12.7. The fourth-order valence-electron chi connectivity index (χ4n) is 2.34. The highest BCUT2D eigenvalue weighted by molar-refractivity contribution is 5.86. The zero-order chi connectivity index (χ0) is 13.9. The molecule has 3 rings (SSSR count). The van der Waals surface area contributed by atoms with Crippen molar-refractivity contribution >= 4 is 11.8 Å². The van der Waals surface area contributed by atoms with Crippen LogP contribution in [0.25, 0.3) is 11.6 Å². The summed E-state index contributed by atoms with van der Waals surface area (Å²) in [5, 5.41) is 9.19. The third-order valence-corrected chi connectivity index (χ3v) is 3.35. The molecule has 0 unspecified atom stereocenters. The van der Waals surface area contributed by atoms with Gasteiger partial charge in [0.05, 0.1) is 6.26 Å². The Labute approximate surface area is 116 Å². The van der Waals surface area contributed by atoms with E-state index in [1.165, 1.54) is 18.8 Å². The maximum absolute atomic E-state index is 11.2. The molecule has 2 aromatic heterocycles. The van der Waals surface area contributed by atoms with E-state index in [1.807, 2.05) is 0 Å². The molecule has 1 fully saturated rings. The monoisotopic (exact) mass is 273 g/mol. The van der Waals surface area contributed by atoms with Gasteiger partial charge in [-0.05, 0) is 31.4 Å². The molecule has 0 amide bonds. The van der Waals surface area contributed by atoms with E-state index in [4.69, 9.17) is 4.42 Å². The number of hydrogen-bond acceptors (Lipinski definition) is 5. The highest BCUT2D eigenvalue weighted by atomic mass is 16.4. The van der Waals surface area contributed by atoms with Gasteiger partial charge in [0.1, 0.15) is 5.82 Å². The van der Waals surface area contributed by atoms with Gasteiger partial charge in [-0.1, -0.05) is 0 Å². The van der Waals surface area contributed by atoms with E-state index >= 15 is 0 Å². The molecule has 104 valence electrons. The molecule has 6 heteroatoms. The molecule has 3 heterocycles. The summed E-state index contributed by atoms with van der Waals surface area (Å²) in [4.78, 5) is 21.8. The predicted octanol–water partition coefficient (Wildman–Crippen LogP) is 2.43. The smallest absolute Gasteiger partial charge is 0.354 e. The number of hydrogen-bond donors (Lipinski definition) is 1. The second-order valence-corrected chi connectivity index (χ2v) is 4.77. The minimum Gasteiger partial charge on any atom is -0.477 e. The minimum absolute atomic E-state index is 0.00743. The van der Waals surface area contributed by atoms with E-state index in [-0.39, 0.29) is 5.69 Å². The number of rotatable bonds is 3. The third-order valence-electron chi connectivity index (χ3n) is 3.35. The van der Waals surface area contributed by atoms with Crippen molar-refractivity contribution < 1.29 is 14.3 Å². The standard InChI is InChI=1S/C14H15N3O3/c18-14(19)10-9-12(17-6-2-1-3-7-17)16-13(15-10)11-5-4-8-20-11/h4-5,8-9H,1-3,6-7H2,(H,18,19). The van der Waals surface area contributed by atoms with Gasteiger partial charge in [-0.15, -0.1) is 0 Å². The molecule has 1 saturated heterocycles. The predicted molar refractivity (Wildman–Crippen MR) is 72.8 cm³/mol. The summed E-state index contributed by atoms with van der Waals surface area (Å²) in [5.41, 5.74) is -0.00743. The van der Waals surface area contributed by atoms with Gasteiger partial charge in [0.15, 0.2) is 17.3 Å². The average molecular weight is 273 g/mol. The first-order valence-corrected chi connectivity index (χ1v) is 6.65. The number of carboxylic acid groups (broad SMARTS) is 1. The highest BCUT2D eigenvalue weighted by Gasteiger charge is 2.18. The minimum atomic E-state index is -1.06. The van der Waals surface area contributed by atoms with Crippen LogP contribution in [-0.2, 0) is 0 Å². The van der Waals surface area contributed by atoms with Crippen molar-refractivity contribution in [3.63, 3.8) is 0 Å². The molecule has 2 aromatic rings. The number of piperidine rings is 1. The summed E-state index contributed by atoms with van der Waals surface area (Å²) in [7, 11) is 0. The van der Waals surface area contributed by atoms with Gasteiger partial charge in [-0.2, -0.15) is 0 Å². The van der Waals surface area contributed by atoms with E-state index < -0.39 is 5.97 Å². The number of aromatic carboxylic acids is 1. The SMILES string of the molecule is O=C(O)c1cc(N2CCCCC2)nc(-c2ccco2)n1. The molecule has 0 bridgehead atoms. The van der Waals surface area contributed by atoms with E-state index in [0.717, 1.165) is 25.9 Å². The topological polar surface area (TPSA) is 79.5 Å². The van der Waals surface area contributed by atoms with Crippen LogP contribution in [-0.4, -0.2) is 34.1 Å². The van der Waals surface area contributed by atoms with Gasteiger partial charge >= 0.3 is 5.97 Å². The van der Waals surface area contributed by atoms with E-state index in [0.29, 0.717) is 17.4 Å². The number of aromatic nitrogens is 2. The molecule has 0 atom stereocenters. The second kappa shape index (κ2) is 5.32. The van der Waals surface area contributed by atoms with Crippen molar-refractivity contribution in [2.75, 3.05) is 18.0 Å².